The lowest BCUT2D eigenvalue weighted by Gasteiger charge is -2.40. The minimum atomic E-state index is -0.147. The molecule has 1 amide bonds. The van der Waals surface area contributed by atoms with Crippen molar-refractivity contribution in [2.24, 2.45) is 0 Å². The second-order valence-electron chi connectivity index (χ2n) is 8.74. The van der Waals surface area contributed by atoms with E-state index in [1.165, 1.54) is 0 Å². The number of hydrogen-bond donors (Lipinski definition) is 2. The monoisotopic (exact) mass is 441 g/mol. The van der Waals surface area contributed by atoms with Crippen LogP contribution in [0.3, 0.4) is 0 Å². The number of anilines is 3. The summed E-state index contributed by atoms with van der Waals surface area (Å²) >= 11 is 0. The largest absolute Gasteiger partial charge is 0.397 e. The van der Waals surface area contributed by atoms with Crippen LogP contribution in [0.4, 0.5) is 17.1 Å². The highest BCUT2D eigenvalue weighted by Crippen LogP contribution is 2.33. The summed E-state index contributed by atoms with van der Waals surface area (Å²) in [5.74, 6) is -0.00740. The van der Waals surface area contributed by atoms with Crippen LogP contribution in [0.15, 0.2) is 78.9 Å². The van der Waals surface area contributed by atoms with E-state index >= 15 is 0 Å². The standard InChI is InChI=1S/C27H31N5O/c28-23-12-5-7-14-25(23)31-19-17-30(18-20-31)15-8-16-32-24-13-6-4-11-22(24)27(33)29-26(32)21-9-2-1-3-10-21/h1-7,9-14,26H,8,15-20,28H2,(H,29,33). The molecule has 0 spiro atoms. The molecule has 0 bridgehead atoms. The fourth-order valence-corrected chi connectivity index (χ4v) is 4.94. The third kappa shape index (κ3) is 4.52. The van der Waals surface area contributed by atoms with Gasteiger partial charge in [-0.25, -0.2) is 0 Å². The SMILES string of the molecule is Nc1ccccc1N1CCN(CCCN2c3ccccc3C(=O)NC2c2ccccc2)CC1. The molecule has 2 aliphatic rings. The Kier molecular flexibility index (Phi) is 6.17. The summed E-state index contributed by atoms with van der Waals surface area (Å²) < 4.78 is 0. The van der Waals surface area contributed by atoms with E-state index in [4.69, 9.17) is 5.73 Å². The molecule has 3 aromatic rings. The zero-order valence-electron chi connectivity index (χ0n) is 18.9. The molecule has 0 radical (unpaired) electrons. The molecule has 2 aliphatic heterocycles. The Morgan fingerprint density at radius 2 is 1.45 bits per heavy atom. The lowest BCUT2D eigenvalue weighted by atomic mass is 10.0. The molecule has 6 heteroatoms. The van der Waals surface area contributed by atoms with Crippen LogP contribution in [0.5, 0.6) is 0 Å². The minimum Gasteiger partial charge on any atom is -0.397 e. The number of piperazine rings is 1. The number of benzene rings is 3. The van der Waals surface area contributed by atoms with Crippen molar-refractivity contribution >= 4 is 23.0 Å². The maximum Gasteiger partial charge on any atom is 0.255 e. The summed E-state index contributed by atoms with van der Waals surface area (Å²) in [6.45, 7) is 5.95. The Labute approximate surface area is 195 Å². The smallest absolute Gasteiger partial charge is 0.255 e. The van der Waals surface area contributed by atoms with Gasteiger partial charge < -0.3 is 20.9 Å². The van der Waals surface area contributed by atoms with Crippen LogP contribution in [0, 0.1) is 0 Å². The number of nitrogen functional groups attached to an aromatic ring is 1. The van der Waals surface area contributed by atoms with Crippen molar-refractivity contribution in [3.8, 4) is 0 Å². The van der Waals surface area contributed by atoms with E-state index in [-0.39, 0.29) is 12.1 Å². The first kappa shape index (κ1) is 21.3. The van der Waals surface area contributed by atoms with Crippen molar-refractivity contribution < 1.29 is 4.79 Å². The predicted octanol–water partition coefficient (Wildman–Crippen LogP) is 3.73. The van der Waals surface area contributed by atoms with Crippen LogP contribution < -0.4 is 20.9 Å². The molecule has 5 rings (SSSR count). The lowest BCUT2D eigenvalue weighted by molar-refractivity contribution is 0.0926. The zero-order chi connectivity index (χ0) is 22.6. The zero-order valence-corrected chi connectivity index (χ0v) is 18.9. The van der Waals surface area contributed by atoms with Gasteiger partial charge in [-0.3, -0.25) is 9.69 Å². The Hall–Kier alpha value is -3.51. The van der Waals surface area contributed by atoms with Crippen LogP contribution in [0.2, 0.25) is 0 Å². The molecule has 3 aromatic carbocycles. The number of nitrogens with two attached hydrogens (primary N) is 1. The Bertz CT molecular complexity index is 1090. The summed E-state index contributed by atoms with van der Waals surface area (Å²) in [7, 11) is 0. The van der Waals surface area contributed by atoms with Crippen LogP contribution in [0.1, 0.15) is 28.5 Å². The van der Waals surface area contributed by atoms with Crippen LogP contribution in [-0.2, 0) is 0 Å². The highest BCUT2D eigenvalue weighted by atomic mass is 16.2. The van der Waals surface area contributed by atoms with E-state index < -0.39 is 0 Å². The Morgan fingerprint density at radius 3 is 2.21 bits per heavy atom. The van der Waals surface area contributed by atoms with Crippen LogP contribution >= 0.6 is 0 Å². The molecule has 1 atom stereocenters. The van der Waals surface area contributed by atoms with Gasteiger partial charge in [0.15, 0.2) is 0 Å². The third-order valence-electron chi connectivity index (χ3n) is 6.68. The number of carbonyl (C=O) groups is 1. The van der Waals surface area contributed by atoms with Gasteiger partial charge >= 0.3 is 0 Å². The summed E-state index contributed by atoms with van der Waals surface area (Å²) in [4.78, 5) is 20.0. The minimum absolute atomic E-state index is 0.00740. The fourth-order valence-electron chi connectivity index (χ4n) is 4.94. The van der Waals surface area contributed by atoms with E-state index in [1.807, 2.05) is 48.5 Å². The third-order valence-corrected chi connectivity index (χ3v) is 6.68. The van der Waals surface area contributed by atoms with Crippen molar-refractivity contribution in [1.29, 1.82) is 0 Å². The van der Waals surface area contributed by atoms with E-state index in [1.54, 1.807) is 0 Å². The first-order valence-electron chi connectivity index (χ1n) is 11.7. The van der Waals surface area contributed by atoms with Crippen LogP contribution in [0.25, 0.3) is 0 Å². The van der Waals surface area contributed by atoms with Gasteiger partial charge in [0.2, 0.25) is 0 Å². The molecule has 0 aromatic heterocycles. The second kappa shape index (κ2) is 9.55. The van der Waals surface area contributed by atoms with E-state index in [0.29, 0.717) is 0 Å². The van der Waals surface area contributed by atoms with Gasteiger partial charge in [0.1, 0.15) is 6.17 Å². The van der Waals surface area contributed by atoms with Crippen molar-refractivity contribution in [2.75, 3.05) is 54.8 Å². The number of carbonyl (C=O) groups excluding carboxylic acids is 1. The highest BCUT2D eigenvalue weighted by Gasteiger charge is 2.31. The molecule has 1 saturated heterocycles. The molecule has 33 heavy (non-hydrogen) atoms. The number of amides is 1. The lowest BCUT2D eigenvalue weighted by Crippen LogP contribution is -2.49. The molecule has 0 saturated carbocycles. The fraction of sp³-hybridized carbons (Fsp3) is 0.296. The van der Waals surface area contributed by atoms with Gasteiger partial charge in [0.05, 0.1) is 22.6 Å². The Morgan fingerprint density at radius 1 is 0.788 bits per heavy atom. The quantitative estimate of drug-likeness (QED) is 0.571. The second-order valence-corrected chi connectivity index (χ2v) is 8.74. The predicted molar refractivity (Wildman–Crippen MR) is 135 cm³/mol. The van der Waals surface area contributed by atoms with Crippen molar-refractivity contribution in [2.45, 2.75) is 12.6 Å². The molecule has 3 N–H and O–H groups in total. The van der Waals surface area contributed by atoms with E-state index in [2.05, 4.69) is 50.3 Å². The molecular formula is C27H31N5O. The van der Waals surface area contributed by atoms with Gasteiger partial charge in [0.25, 0.3) is 5.91 Å². The van der Waals surface area contributed by atoms with Crippen molar-refractivity contribution in [3.63, 3.8) is 0 Å². The van der Waals surface area contributed by atoms with Gasteiger partial charge in [-0.1, -0.05) is 54.6 Å². The summed E-state index contributed by atoms with van der Waals surface area (Å²) in [5.41, 5.74) is 11.0. The number of para-hydroxylation sites is 3. The van der Waals surface area contributed by atoms with Crippen molar-refractivity contribution in [1.82, 2.24) is 10.2 Å². The maximum atomic E-state index is 12.7. The molecule has 170 valence electrons. The number of nitrogens with one attached hydrogen (secondary N) is 1. The number of rotatable bonds is 6. The van der Waals surface area contributed by atoms with Gasteiger partial charge in [-0.2, -0.15) is 0 Å². The number of nitrogens with zero attached hydrogens (tertiary/aromatic N) is 3. The molecule has 6 nitrogen and oxygen atoms in total. The summed E-state index contributed by atoms with van der Waals surface area (Å²) in [6, 6.07) is 26.3. The average molecular weight is 442 g/mol. The molecule has 2 heterocycles. The molecule has 1 unspecified atom stereocenters. The van der Waals surface area contributed by atoms with Gasteiger partial charge in [-0.15, -0.1) is 0 Å². The normalized spacial score (nSPS) is 18.7. The number of fused-ring (bicyclic) bond motifs is 1. The Balaban J connectivity index is 1.23. The van der Waals surface area contributed by atoms with Crippen molar-refractivity contribution in [3.05, 3.63) is 90.0 Å². The van der Waals surface area contributed by atoms with E-state index in [0.717, 1.165) is 73.9 Å². The number of hydrogen-bond acceptors (Lipinski definition) is 5. The summed E-state index contributed by atoms with van der Waals surface area (Å²) in [5, 5.41) is 3.21. The first-order chi connectivity index (χ1) is 16.2. The highest BCUT2D eigenvalue weighted by molar-refractivity contribution is 6.02. The van der Waals surface area contributed by atoms with Crippen LogP contribution in [-0.4, -0.2) is 50.1 Å². The van der Waals surface area contributed by atoms with E-state index in [9.17, 15) is 4.79 Å². The average Bonchev–Trinajstić information content (AvgIpc) is 2.87. The molecule has 0 aliphatic carbocycles. The van der Waals surface area contributed by atoms with Gasteiger partial charge in [0, 0.05) is 32.7 Å². The molecule has 1 fully saturated rings. The molecular weight excluding hydrogens is 410 g/mol. The maximum absolute atomic E-state index is 12.7. The summed E-state index contributed by atoms with van der Waals surface area (Å²) in [6.07, 6.45) is 0.882. The first-order valence-corrected chi connectivity index (χ1v) is 11.7. The van der Waals surface area contributed by atoms with Gasteiger partial charge in [-0.05, 0) is 42.8 Å². The topological polar surface area (TPSA) is 64.8 Å².